The third-order valence-electron chi connectivity index (χ3n) is 4.68. The van der Waals surface area contributed by atoms with E-state index in [9.17, 15) is 14.9 Å². The molecule has 0 radical (unpaired) electrons. The molecular weight excluding hydrogens is 370 g/mol. The second-order valence-corrected chi connectivity index (χ2v) is 6.97. The van der Waals surface area contributed by atoms with E-state index in [0.717, 1.165) is 19.4 Å². The Morgan fingerprint density at radius 3 is 2.81 bits per heavy atom. The van der Waals surface area contributed by atoms with Crippen LogP contribution in [-0.4, -0.2) is 46.1 Å². The van der Waals surface area contributed by atoms with Crippen molar-refractivity contribution < 1.29 is 9.72 Å². The fourth-order valence-corrected chi connectivity index (χ4v) is 3.43. The highest BCUT2D eigenvalue weighted by molar-refractivity contribution is 6.29. The van der Waals surface area contributed by atoms with Gasteiger partial charge in [-0.25, -0.2) is 0 Å². The van der Waals surface area contributed by atoms with E-state index in [2.05, 4.69) is 10.2 Å². The first-order chi connectivity index (χ1) is 13.0. The lowest BCUT2D eigenvalue weighted by atomic mass is 9.96. The van der Waals surface area contributed by atoms with Gasteiger partial charge in [-0.1, -0.05) is 29.8 Å². The highest BCUT2D eigenvalue weighted by atomic mass is 35.5. The van der Waals surface area contributed by atoms with Crippen molar-refractivity contribution in [1.82, 2.24) is 15.1 Å². The molecule has 1 fully saturated rings. The summed E-state index contributed by atoms with van der Waals surface area (Å²) in [6.45, 7) is 1.54. The first-order valence-corrected chi connectivity index (χ1v) is 9.05. The second-order valence-electron chi connectivity index (χ2n) is 6.58. The summed E-state index contributed by atoms with van der Waals surface area (Å²) in [6, 6.07) is 9.96. The number of para-hydroxylation sites is 1. The number of amides is 1. The zero-order chi connectivity index (χ0) is 19.4. The van der Waals surface area contributed by atoms with Gasteiger partial charge < -0.3 is 9.80 Å². The molecule has 142 valence electrons. The average molecular weight is 390 g/mol. The number of rotatable bonds is 5. The quantitative estimate of drug-likeness (QED) is 0.576. The summed E-state index contributed by atoms with van der Waals surface area (Å²) in [5, 5.41) is 19.4. The van der Waals surface area contributed by atoms with Gasteiger partial charge in [0.2, 0.25) is 5.91 Å². The van der Waals surface area contributed by atoms with Crippen molar-refractivity contribution in [3.05, 3.63) is 57.2 Å². The zero-order valence-corrected chi connectivity index (χ0v) is 15.7. The maximum absolute atomic E-state index is 12.9. The van der Waals surface area contributed by atoms with Crippen molar-refractivity contribution in [3.63, 3.8) is 0 Å². The summed E-state index contributed by atoms with van der Waals surface area (Å²) in [5.41, 5.74) is 0.549. The largest absolute Gasteiger partial charge is 0.354 e. The molecule has 1 aromatic carbocycles. The Morgan fingerprint density at radius 2 is 2.11 bits per heavy atom. The number of carbonyl (C=O) groups is 1. The SMILES string of the molecule is CN(Cc1ccccc1[N+](=O)[O-])C(=O)[C@@H]1CCCN(c2ccc(Cl)nn2)C1. The molecular formula is C18H20ClN5O3. The number of hydrogen-bond donors (Lipinski definition) is 0. The van der Waals surface area contributed by atoms with Crippen LogP contribution in [0.15, 0.2) is 36.4 Å². The number of benzene rings is 1. The minimum Gasteiger partial charge on any atom is -0.354 e. The second kappa shape index (κ2) is 8.30. The normalized spacial score (nSPS) is 16.8. The van der Waals surface area contributed by atoms with Gasteiger partial charge in [-0.2, -0.15) is 0 Å². The summed E-state index contributed by atoms with van der Waals surface area (Å²) in [6.07, 6.45) is 1.64. The molecule has 0 N–H and O–H groups in total. The lowest BCUT2D eigenvalue weighted by Gasteiger charge is -2.34. The van der Waals surface area contributed by atoms with E-state index in [1.54, 1.807) is 42.3 Å². The number of aromatic nitrogens is 2. The topological polar surface area (TPSA) is 92.5 Å². The first-order valence-electron chi connectivity index (χ1n) is 8.67. The molecule has 0 unspecified atom stereocenters. The summed E-state index contributed by atoms with van der Waals surface area (Å²) >= 11 is 5.78. The van der Waals surface area contributed by atoms with E-state index in [4.69, 9.17) is 11.6 Å². The van der Waals surface area contributed by atoms with Crippen molar-refractivity contribution in [3.8, 4) is 0 Å². The predicted molar refractivity (Wildman–Crippen MR) is 102 cm³/mol. The number of piperidine rings is 1. The van der Waals surface area contributed by atoms with E-state index in [1.165, 1.54) is 6.07 Å². The molecule has 0 bridgehead atoms. The Balaban J connectivity index is 1.68. The van der Waals surface area contributed by atoms with E-state index < -0.39 is 4.92 Å². The Kier molecular flexibility index (Phi) is 5.85. The van der Waals surface area contributed by atoms with E-state index in [-0.39, 0.29) is 24.1 Å². The summed E-state index contributed by atoms with van der Waals surface area (Å²) in [4.78, 5) is 27.2. The smallest absolute Gasteiger partial charge is 0.274 e. The van der Waals surface area contributed by atoms with Crippen LogP contribution in [0.4, 0.5) is 11.5 Å². The molecule has 1 aliphatic rings. The zero-order valence-electron chi connectivity index (χ0n) is 14.9. The molecule has 3 rings (SSSR count). The maximum Gasteiger partial charge on any atom is 0.274 e. The van der Waals surface area contributed by atoms with Crippen molar-refractivity contribution in [1.29, 1.82) is 0 Å². The third-order valence-corrected chi connectivity index (χ3v) is 4.89. The van der Waals surface area contributed by atoms with Gasteiger partial charge in [-0.3, -0.25) is 14.9 Å². The van der Waals surface area contributed by atoms with Gasteiger partial charge in [0.25, 0.3) is 5.69 Å². The summed E-state index contributed by atoms with van der Waals surface area (Å²) in [7, 11) is 1.68. The molecule has 0 spiro atoms. The first kappa shape index (κ1) is 19.0. The van der Waals surface area contributed by atoms with Crippen LogP contribution in [0.5, 0.6) is 0 Å². The molecule has 2 aromatic rings. The summed E-state index contributed by atoms with van der Waals surface area (Å²) in [5.74, 6) is 0.474. The number of nitrogens with zero attached hydrogens (tertiary/aromatic N) is 5. The molecule has 0 saturated carbocycles. The van der Waals surface area contributed by atoms with Gasteiger partial charge in [0.1, 0.15) is 0 Å². The Hall–Kier alpha value is -2.74. The van der Waals surface area contributed by atoms with Crippen molar-refractivity contribution >= 4 is 29.0 Å². The van der Waals surface area contributed by atoms with Crippen LogP contribution in [0.25, 0.3) is 0 Å². The molecule has 1 aromatic heterocycles. The highest BCUT2D eigenvalue weighted by Gasteiger charge is 2.29. The third kappa shape index (κ3) is 4.51. The highest BCUT2D eigenvalue weighted by Crippen LogP contribution is 2.25. The van der Waals surface area contributed by atoms with Gasteiger partial charge in [0.15, 0.2) is 11.0 Å². The molecule has 1 atom stereocenters. The standard InChI is InChI=1S/C18H20ClN5O3/c1-22(11-13-5-2-3-7-15(13)24(26)27)18(25)14-6-4-10-23(12-14)17-9-8-16(19)20-21-17/h2-3,5,7-9,14H,4,6,10-12H2,1H3/t14-/m1/s1. The number of anilines is 1. The van der Waals surface area contributed by atoms with E-state index >= 15 is 0 Å². The van der Waals surface area contributed by atoms with Crippen LogP contribution < -0.4 is 4.90 Å². The average Bonchev–Trinajstić information content (AvgIpc) is 2.68. The van der Waals surface area contributed by atoms with Crippen LogP contribution in [0, 0.1) is 16.0 Å². The van der Waals surface area contributed by atoms with Crippen molar-refractivity contribution in [2.45, 2.75) is 19.4 Å². The molecule has 9 heteroatoms. The van der Waals surface area contributed by atoms with Crippen LogP contribution in [0.3, 0.4) is 0 Å². The van der Waals surface area contributed by atoms with Gasteiger partial charge in [0, 0.05) is 31.8 Å². The Morgan fingerprint density at radius 1 is 1.33 bits per heavy atom. The van der Waals surface area contributed by atoms with Crippen LogP contribution in [0.1, 0.15) is 18.4 Å². The van der Waals surface area contributed by atoms with Crippen LogP contribution in [-0.2, 0) is 11.3 Å². The maximum atomic E-state index is 12.9. The molecule has 0 aliphatic carbocycles. The molecule has 1 amide bonds. The fourth-order valence-electron chi connectivity index (χ4n) is 3.33. The minimum atomic E-state index is -0.421. The van der Waals surface area contributed by atoms with E-state index in [0.29, 0.717) is 23.1 Å². The number of hydrogen-bond acceptors (Lipinski definition) is 6. The Labute approximate surface area is 161 Å². The van der Waals surface area contributed by atoms with E-state index in [1.807, 2.05) is 4.90 Å². The minimum absolute atomic E-state index is 0.0267. The molecule has 1 aliphatic heterocycles. The lowest BCUT2D eigenvalue weighted by Crippen LogP contribution is -2.43. The van der Waals surface area contributed by atoms with Crippen molar-refractivity contribution in [2.24, 2.45) is 5.92 Å². The lowest BCUT2D eigenvalue weighted by molar-refractivity contribution is -0.385. The van der Waals surface area contributed by atoms with Gasteiger partial charge in [-0.05, 0) is 25.0 Å². The molecule has 8 nitrogen and oxygen atoms in total. The number of carbonyl (C=O) groups excluding carboxylic acids is 1. The number of halogens is 1. The molecule has 1 saturated heterocycles. The number of nitro benzene ring substituents is 1. The van der Waals surface area contributed by atoms with Crippen molar-refractivity contribution in [2.75, 3.05) is 25.0 Å². The summed E-state index contributed by atoms with van der Waals surface area (Å²) < 4.78 is 0. The van der Waals surface area contributed by atoms with Crippen LogP contribution >= 0.6 is 11.6 Å². The van der Waals surface area contributed by atoms with Gasteiger partial charge in [-0.15, -0.1) is 10.2 Å². The van der Waals surface area contributed by atoms with Gasteiger partial charge >= 0.3 is 0 Å². The predicted octanol–water partition coefficient (Wildman–Crippen LogP) is 2.91. The Bertz CT molecular complexity index is 830. The molecule has 27 heavy (non-hydrogen) atoms. The van der Waals surface area contributed by atoms with Gasteiger partial charge in [0.05, 0.1) is 17.4 Å². The molecule has 2 heterocycles. The van der Waals surface area contributed by atoms with Crippen LogP contribution in [0.2, 0.25) is 5.15 Å². The monoisotopic (exact) mass is 389 g/mol. The fraction of sp³-hybridized carbons (Fsp3) is 0.389. The number of nitro groups is 1.